The second kappa shape index (κ2) is 27.8. The third-order valence-electron chi connectivity index (χ3n) is 14.3. The smallest absolute Gasteiger partial charge is 0.269 e. The predicted octanol–water partition coefficient (Wildman–Crippen LogP) is 3.96. The van der Waals surface area contributed by atoms with Gasteiger partial charge in [-0.25, -0.2) is 9.37 Å². The van der Waals surface area contributed by atoms with Gasteiger partial charge in [-0.1, -0.05) is 63.2 Å². The lowest BCUT2D eigenvalue weighted by molar-refractivity contribution is -0.145. The van der Waals surface area contributed by atoms with E-state index in [4.69, 9.17) is 19.6 Å². The monoisotopic (exact) mass is 1150 g/mol. The molecule has 2 aliphatic carbocycles. The zero-order chi connectivity index (χ0) is 59.3. The van der Waals surface area contributed by atoms with E-state index in [2.05, 4.69) is 31.6 Å². The minimum absolute atomic E-state index is 0.0374. The number of hydrogen-bond acceptors (Lipinski definition) is 16. The van der Waals surface area contributed by atoms with Gasteiger partial charge in [0.1, 0.15) is 35.1 Å². The van der Waals surface area contributed by atoms with Gasteiger partial charge in [-0.2, -0.15) is 0 Å². The van der Waals surface area contributed by atoms with Gasteiger partial charge in [0.05, 0.1) is 60.2 Å². The van der Waals surface area contributed by atoms with Crippen LogP contribution < -0.4 is 31.3 Å². The molecule has 1 unspecified atom stereocenters. The van der Waals surface area contributed by atoms with Crippen LogP contribution in [-0.2, 0) is 51.2 Å². The molecule has 2 heterocycles. The Bertz CT molecular complexity index is 3050. The van der Waals surface area contributed by atoms with Gasteiger partial charge in [0, 0.05) is 69.8 Å². The highest BCUT2D eigenvalue weighted by atomic mass is 32.1. The molecule has 9 N–H and O–H groups in total. The normalized spacial score (nSPS) is 17.5. The Balaban J connectivity index is 0.772. The van der Waals surface area contributed by atoms with E-state index in [1.807, 2.05) is 37.3 Å². The Morgan fingerprint density at radius 2 is 1.70 bits per heavy atom. The van der Waals surface area contributed by atoms with Gasteiger partial charge in [0.15, 0.2) is 12.3 Å². The van der Waals surface area contributed by atoms with Crippen LogP contribution in [0.4, 0.5) is 4.39 Å². The molecule has 1 saturated carbocycles. The van der Waals surface area contributed by atoms with E-state index in [9.17, 15) is 53.3 Å². The van der Waals surface area contributed by atoms with Gasteiger partial charge in [-0.15, -0.1) is 11.3 Å². The number of carbonyl (C=O) groups is 7. The van der Waals surface area contributed by atoms with Crippen molar-refractivity contribution < 1.29 is 67.5 Å². The van der Waals surface area contributed by atoms with Crippen LogP contribution in [-0.4, -0.2) is 167 Å². The summed E-state index contributed by atoms with van der Waals surface area (Å²) in [4.78, 5) is 99.3. The number of ether oxygens (including phenoxy) is 3. The minimum Gasteiger partial charge on any atom is -0.507 e. The highest BCUT2D eigenvalue weighted by Crippen LogP contribution is 2.41. The molecular formula is C58H72FN9O13S. The first kappa shape index (κ1) is 61.8. The number of aryl methyl sites for hydroxylation is 2. The number of rotatable bonds is 27. The molecule has 0 bridgehead atoms. The Labute approximate surface area is 478 Å². The highest BCUT2D eigenvalue weighted by Gasteiger charge is 2.53. The average Bonchev–Trinajstić information content (AvgIpc) is 3.93. The van der Waals surface area contributed by atoms with Gasteiger partial charge in [0.25, 0.3) is 23.6 Å². The summed E-state index contributed by atoms with van der Waals surface area (Å²) in [6.07, 6.45) is 1.61. The Hall–Kier alpha value is -7.80. The molecule has 1 aliphatic heterocycles. The van der Waals surface area contributed by atoms with Crippen molar-refractivity contribution in [3.8, 4) is 21.9 Å². The summed E-state index contributed by atoms with van der Waals surface area (Å²) < 4.78 is 31.7. The number of benzene rings is 3. The summed E-state index contributed by atoms with van der Waals surface area (Å²) in [6.45, 7) is 7.41. The number of hydrogen-bond donors (Lipinski definition) is 9. The van der Waals surface area contributed by atoms with Crippen LogP contribution in [0.5, 0.6) is 11.5 Å². The van der Waals surface area contributed by atoms with E-state index in [-0.39, 0.29) is 115 Å². The minimum atomic E-state index is -2.02. The zero-order valence-electron chi connectivity index (χ0n) is 46.6. The lowest BCUT2D eigenvalue weighted by Gasteiger charge is -2.35. The summed E-state index contributed by atoms with van der Waals surface area (Å²) in [5.41, 5.74) is 2.63. The van der Waals surface area contributed by atoms with Crippen LogP contribution >= 0.6 is 11.3 Å². The first-order chi connectivity index (χ1) is 39.0. The van der Waals surface area contributed by atoms with Crippen LogP contribution in [0.2, 0.25) is 0 Å². The van der Waals surface area contributed by atoms with Crippen molar-refractivity contribution in [1.29, 1.82) is 5.41 Å². The number of thiazole rings is 1. The Kier molecular flexibility index (Phi) is 20.9. The van der Waals surface area contributed by atoms with Crippen LogP contribution in [0.15, 0.2) is 72.3 Å². The standard InChI is InChI=1S/C58H72FN9O13S/c1-34-50(82-33-64-34)37-10-11-38(30-63-53(75)44-28-39(69)31-68(44)55(77)51(57(2,3)4)66-56(78)58(59)17-18-58)47(27-37)81-32-49(73)62-20-23-80-25-24-79-22-16-48(72)61-19-21-67(5)54(76)41-14-12-36(26-46(41)71)45(70)29-42(60)52(74)65-43-15-13-35-8-6-7-9-40(35)43/h6-12,14,26-27,29,33,39,43-44,51,60,69-71H,13,15-25,28,30-32H2,1-5H3,(H,61,72)(H,62,73)(H,63,75)(H,65,74)(H,66,78)/b45-29-,60-42?/t39-,43?,44+,51-/m1/s1. The average molecular weight is 1150 g/mol. The van der Waals surface area contributed by atoms with Gasteiger partial charge in [0.2, 0.25) is 17.7 Å². The fourth-order valence-electron chi connectivity index (χ4n) is 9.38. The van der Waals surface area contributed by atoms with Crippen molar-refractivity contribution in [2.45, 2.75) is 103 Å². The third kappa shape index (κ3) is 16.4. The first-order valence-corrected chi connectivity index (χ1v) is 28.0. The van der Waals surface area contributed by atoms with E-state index in [0.717, 1.165) is 45.8 Å². The first-order valence-electron chi connectivity index (χ1n) is 27.1. The fraction of sp³-hybridized carbons (Fsp3) is 0.466. The van der Waals surface area contributed by atoms with Gasteiger partial charge in [-0.3, -0.25) is 39.0 Å². The van der Waals surface area contributed by atoms with Crippen LogP contribution in [0, 0.1) is 17.7 Å². The maximum atomic E-state index is 14.6. The van der Waals surface area contributed by atoms with Crippen LogP contribution in [0.3, 0.4) is 0 Å². The number of nitrogens with zero attached hydrogens (tertiary/aromatic N) is 3. The quantitative estimate of drug-likeness (QED) is 0.0232. The summed E-state index contributed by atoms with van der Waals surface area (Å²) >= 11 is 1.43. The van der Waals surface area contributed by atoms with Crippen LogP contribution in [0.1, 0.15) is 97.2 Å². The molecular weight excluding hydrogens is 1080 g/mol. The molecule has 0 radical (unpaired) electrons. The number of fused-ring (bicyclic) bond motifs is 1. The van der Waals surface area contributed by atoms with E-state index in [1.165, 1.54) is 40.3 Å². The lowest BCUT2D eigenvalue weighted by Crippen LogP contribution is -2.59. The van der Waals surface area contributed by atoms with Crippen molar-refractivity contribution in [3.05, 3.63) is 106 Å². The zero-order valence-corrected chi connectivity index (χ0v) is 47.4. The number of carbonyl (C=O) groups excluding carboxylic acids is 7. The molecule has 22 nitrogen and oxygen atoms in total. The highest BCUT2D eigenvalue weighted by molar-refractivity contribution is 7.13. The molecule has 7 rings (SSSR count). The van der Waals surface area contributed by atoms with E-state index >= 15 is 0 Å². The number of aliphatic hydroxyl groups excluding tert-OH is 2. The molecule has 1 saturated heterocycles. The van der Waals surface area contributed by atoms with E-state index < -0.39 is 81.9 Å². The van der Waals surface area contributed by atoms with Gasteiger partial charge < -0.3 is 65.9 Å². The number of halogens is 1. The number of aromatic hydroxyl groups is 1. The Morgan fingerprint density at radius 1 is 0.963 bits per heavy atom. The largest absolute Gasteiger partial charge is 0.507 e. The number of nitrogens with one attached hydrogen (secondary N) is 6. The van der Waals surface area contributed by atoms with E-state index in [1.54, 1.807) is 38.4 Å². The SMILES string of the molecule is Cc1ncsc1-c1ccc(CNC(=O)[C@@H]2C[C@@H](O)CN2C(=O)[C@@H](NC(=O)C2(F)CC2)C(C)(C)C)c(OCC(=O)NCCOCCOCCC(=O)NCCN(C)C(=O)c2ccc(/C(O)=C/C(=N)C(=O)NC3CCc4ccccc43)cc2O)c1. The second-order valence-corrected chi connectivity index (χ2v) is 22.4. The number of alkyl halides is 1. The molecule has 82 heavy (non-hydrogen) atoms. The van der Waals surface area contributed by atoms with Crippen molar-refractivity contribution >= 4 is 64.2 Å². The molecule has 4 aromatic rings. The van der Waals surface area contributed by atoms with Gasteiger partial charge in [-0.05, 0) is 72.9 Å². The number of likely N-dealkylation sites (N-methyl/N-ethyl adjacent to an activating group) is 1. The summed E-state index contributed by atoms with van der Waals surface area (Å²) in [5.74, 6) is -4.57. The summed E-state index contributed by atoms with van der Waals surface area (Å²) in [6, 6.07) is 14.5. The summed E-state index contributed by atoms with van der Waals surface area (Å²) in [5, 5.41) is 53.8. The maximum Gasteiger partial charge on any atom is 0.269 e. The number of phenolic OH excluding ortho intramolecular Hbond substituents is 1. The number of amides is 7. The van der Waals surface area contributed by atoms with Crippen molar-refractivity contribution in [2.75, 3.05) is 66.3 Å². The lowest BCUT2D eigenvalue weighted by atomic mass is 9.85. The molecule has 3 aliphatic rings. The molecule has 2 fully saturated rings. The van der Waals surface area contributed by atoms with Crippen LogP contribution in [0.25, 0.3) is 16.2 Å². The molecule has 1 aromatic heterocycles. The topological polar surface area (TPSA) is 311 Å². The molecule has 4 atom stereocenters. The number of phenols is 1. The van der Waals surface area contributed by atoms with Crippen molar-refractivity contribution in [3.63, 3.8) is 0 Å². The van der Waals surface area contributed by atoms with Crippen molar-refractivity contribution in [2.24, 2.45) is 5.41 Å². The molecule has 24 heteroatoms. The molecule has 7 amide bonds. The van der Waals surface area contributed by atoms with Gasteiger partial charge >= 0.3 is 0 Å². The third-order valence-corrected chi connectivity index (χ3v) is 15.2. The number of aliphatic hydroxyl groups is 2. The molecule has 0 spiro atoms. The van der Waals surface area contributed by atoms with Crippen molar-refractivity contribution in [1.82, 2.24) is 41.4 Å². The molecule has 440 valence electrons. The Morgan fingerprint density at radius 3 is 2.40 bits per heavy atom. The number of β-amino-alcohol motifs (C(OH)–C–C–N with tert-alkyl or cyclic N) is 1. The second-order valence-electron chi connectivity index (χ2n) is 21.6. The summed E-state index contributed by atoms with van der Waals surface area (Å²) in [7, 11) is 1.50. The number of aromatic nitrogens is 1. The number of likely N-dealkylation sites (tertiary alicyclic amines) is 1. The fourth-order valence-corrected chi connectivity index (χ4v) is 10.2. The molecule has 3 aromatic carbocycles. The van der Waals surface area contributed by atoms with E-state index in [0.29, 0.717) is 17.7 Å². The maximum absolute atomic E-state index is 14.6. The predicted molar refractivity (Wildman–Crippen MR) is 302 cm³/mol.